The van der Waals surface area contributed by atoms with Gasteiger partial charge < -0.3 is 9.47 Å². The topological polar surface area (TPSA) is 65.1 Å². The van der Waals surface area contributed by atoms with Crippen LogP contribution in [0.1, 0.15) is 22.7 Å². The smallest absolute Gasteiger partial charge is 0.442 e. The minimum atomic E-state index is -1.02. The molecule has 0 fully saturated rings. The summed E-state index contributed by atoms with van der Waals surface area (Å²) in [6.07, 6.45) is -0.347. The average Bonchev–Trinajstić information content (AvgIpc) is 3.32. The van der Waals surface area contributed by atoms with Crippen molar-refractivity contribution in [2.75, 3.05) is 0 Å². The fourth-order valence-electron chi connectivity index (χ4n) is 2.62. The summed E-state index contributed by atoms with van der Waals surface area (Å²) in [6.45, 7) is 3.81. The highest BCUT2D eigenvalue weighted by atomic mass is 32.1. The van der Waals surface area contributed by atoms with Crippen LogP contribution in [0.3, 0.4) is 0 Å². The number of nitrogens with zero attached hydrogens (tertiary/aromatic N) is 1. The first-order valence-corrected chi connectivity index (χ1v) is 10.1. The molecule has 1 aromatic heterocycles. The van der Waals surface area contributed by atoms with E-state index in [1.807, 2.05) is 77.5 Å². The van der Waals surface area contributed by atoms with Gasteiger partial charge in [-0.3, -0.25) is 4.84 Å². The molecule has 0 N–H and O–H groups in total. The number of hydroxylamine groups is 2. The molecule has 0 radical (unpaired) electrons. The largest absolute Gasteiger partial charge is 0.533 e. The van der Waals surface area contributed by atoms with Gasteiger partial charge in [-0.2, -0.15) is 11.3 Å². The van der Waals surface area contributed by atoms with Crippen LogP contribution in [0.4, 0.5) is 9.59 Å². The van der Waals surface area contributed by atoms with Gasteiger partial charge in [0.1, 0.15) is 19.3 Å². The highest BCUT2D eigenvalue weighted by molar-refractivity contribution is 7.08. The normalized spacial score (nSPS) is 11.2. The molecule has 1 heterocycles. The van der Waals surface area contributed by atoms with Crippen molar-refractivity contribution in [3.8, 4) is 0 Å². The lowest BCUT2D eigenvalue weighted by Crippen LogP contribution is -2.36. The fourth-order valence-corrected chi connectivity index (χ4v) is 3.31. The number of rotatable bonds is 7. The Morgan fingerprint density at radius 1 is 0.933 bits per heavy atom. The summed E-state index contributed by atoms with van der Waals surface area (Å²) < 4.78 is 10.5. The van der Waals surface area contributed by atoms with Gasteiger partial charge in [0, 0.05) is 0 Å². The van der Waals surface area contributed by atoms with Crippen LogP contribution in [0.2, 0.25) is 0 Å². The van der Waals surface area contributed by atoms with E-state index < -0.39 is 18.3 Å². The second-order valence-corrected chi connectivity index (χ2v) is 7.00. The Morgan fingerprint density at radius 3 is 2.07 bits per heavy atom. The Kier molecular flexibility index (Phi) is 7.63. The van der Waals surface area contributed by atoms with E-state index in [0.29, 0.717) is 0 Å². The van der Waals surface area contributed by atoms with E-state index >= 15 is 0 Å². The van der Waals surface area contributed by atoms with Crippen molar-refractivity contribution < 1.29 is 23.9 Å². The number of amides is 1. The quantitative estimate of drug-likeness (QED) is 0.270. The van der Waals surface area contributed by atoms with Gasteiger partial charge in [-0.25, -0.2) is 9.59 Å². The maximum atomic E-state index is 12.7. The lowest BCUT2D eigenvalue weighted by Gasteiger charge is -2.26. The predicted molar refractivity (Wildman–Crippen MR) is 113 cm³/mol. The standard InChI is InChI=1S/C23H21NO5S/c1-2-21(20-13-14-30-17-20)24(22(25)27-15-18-9-5-3-6-10-18)29-23(26)28-16-19-11-7-4-8-12-19/h2-14,17,21H,1,15-16H2. The lowest BCUT2D eigenvalue weighted by atomic mass is 10.1. The lowest BCUT2D eigenvalue weighted by molar-refractivity contribution is -0.129. The zero-order chi connectivity index (χ0) is 21.2. The van der Waals surface area contributed by atoms with Crippen molar-refractivity contribution in [3.63, 3.8) is 0 Å². The van der Waals surface area contributed by atoms with Gasteiger partial charge in [-0.05, 0) is 33.5 Å². The average molecular weight is 423 g/mol. The molecule has 7 heteroatoms. The summed E-state index contributed by atoms with van der Waals surface area (Å²) in [4.78, 5) is 30.2. The molecule has 1 atom stereocenters. The van der Waals surface area contributed by atoms with Crippen LogP contribution >= 0.6 is 11.3 Å². The van der Waals surface area contributed by atoms with Crippen LogP contribution in [-0.4, -0.2) is 17.3 Å². The second-order valence-electron chi connectivity index (χ2n) is 6.22. The molecule has 3 rings (SSSR count). The van der Waals surface area contributed by atoms with E-state index in [4.69, 9.17) is 14.3 Å². The Bertz CT molecular complexity index is 944. The van der Waals surface area contributed by atoms with Gasteiger partial charge in [0.05, 0.1) is 0 Å². The number of thiophene rings is 1. The third kappa shape index (κ3) is 5.96. The first-order valence-electron chi connectivity index (χ1n) is 9.20. The van der Waals surface area contributed by atoms with Crippen molar-refractivity contribution >= 4 is 23.6 Å². The van der Waals surface area contributed by atoms with Crippen LogP contribution in [0, 0.1) is 0 Å². The molecule has 0 spiro atoms. The Morgan fingerprint density at radius 2 is 1.53 bits per heavy atom. The molecule has 154 valence electrons. The summed E-state index contributed by atoms with van der Waals surface area (Å²) in [5, 5.41) is 4.53. The summed E-state index contributed by atoms with van der Waals surface area (Å²) >= 11 is 1.45. The maximum Gasteiger partial charge on any atom is 0.533 e. The zero-order valence-corrected chi connectivity index (χ0v) is 17.0. The number of hydrogen-bond acceptors (Lipinski definition) is 6. The minimum absolute atomic E-state index is 0.0176. The van der Waals surface area contributed by atoms with Crippen LogP contribution in [0.5, 0.6) is 0 Å². The first-order chi connectivity index (χ1) is 14.7. The predicted octanol–water partition coefficient (Wildman–Crippen LogP) is 5.88. The number of carbonyl (C=O) groups excluding carboxylic acids is 2. The Hall–Kier alpha value is -3.58. The molecule has 0 aliphatic carbocycles. The minimum Gasteiger partial charge on any atom is -0.442 e. The van der Waals surface area contributed by atoms with E-state index in [9.17, 15) is 9.59 Å². The van der Waals surface area contributed by atoms with E-state index in [1.165, 1.54) is 17.4 Å². The summed E-state index contributed by atoms with van der Waals surface area (Å²) in [7, 11) is 0. The number of ether oxygens (including phenoxy) is 2. The van der Waals surface area contributed by atoms with Gasteiger partial charge in [-0.1, -0.05) is 66.7 Å². The third-order valence-electron chi connectivity index (χ3n) is 4.12. The van der Waals surface area contributed by atoms with Gasteiger partial charge in [0.2, 0.25) is 0 Å². The number of hydrogen-bond donors (Lipinski definition) is 0. The molecule has 6 nitrogen and oxygen atoms in total. The van der Waals surface area contributed by atoms with E-state index in [2.05, 4.69) is 6.58 Å². The Balaban J connectivity index is 1.68. The molecule has 0 aliphatic rings. The summed E-state index contributed by atoms with van der Waals surface area (Å²) in [5.41, 5.74) is 2.34. The van der Waals surface area contributed by atoms with E-state index in [0.717, 1.165) is 21.8 Å². The second kappa shape index (κ2) is 10.8. The zero-order valence-electron chi connectivity index (χ0n) is 16.2. The van der Waals surface area contributed by atoms with Crippen LogP contribution < -0.4 is 0 Å². The molecule has 0 bridgehead atoms. The highest BCUT2D eigenvalue weighted by Gasteiger charge is 2.30. The molecule has 0 aliphatic heterocycles. The van der Waals surface area contributed by atoms with E-state index in [-0.39, 0.29) is 13.2 Å². The molecule has 3 aromatic rings. The molecule has 1 unspecified atom stereocenters. The van der Waals surface area contributed by atoms with Crippen molar-refractivity contribution in [1.29, 1.82) is 0 Å². The monoisotopic (exact) mass is 423 g/mol. The molecule has 30 heavy (non-hydrogen) atoms. The van der Waals surface area contributed by atoms with Gasteiger partial charge >= 0.3 is 12.2 Å². The molecular formula is C23H21NO5S. The Labute approximate surface area is 178 Å². The van der Waals surface area contributed by atoms with Crippen LogP contribution in [0.25, 0.3) is 0 Å². The summed E-state index contributed by atoms with van der Waals surface area (Å²) in [5.74, 6) is 0. The van der Waals surface area contributed by atoms with Gasteiger partial charge in [-0.15, -0.1) is 11.6 Å². The van der Waals surface area contributed by atoms with Gasteiger partial charge in [0.15, 0.2) is 0 Å². The molecule has 0 saturated carbocycles. The molecule has 0 saturated heterocycles. The van der Waals surface area contributed by atoms with Crippen molar-refractivity contribution in [1.82, 2.24) is 5.06 Å². The van der Waals surface area contributed by atoms with Crippen molar-refractivity contribution in [3.05, 3.63) is 107 Å². The third-order valence-corrected chi connectivity index (χ3v) is 4.82. The van der Waals surface area contributed by atoms with E-state index in [1.54, 1.807) is 0 Å². The number of carbonyl (C=O) groups is 2. The van der Waals surface area contributed by atoms with Crippen LogP contribution in [-0.2, 0) is 27.5 Å². The van der Waals surface area contributed by atoms with Crippen LogP contribution in [0.15, 0.2) is 90.1 Å². The summed E-state index contributed by atoms with van der Waals surface area (Å²) in [6, 6.07) is 19.5. The highest BCUT2D eigenvalue weighted by Crippen LogP contribution is 2.26. The molecule has 1 amide bonds. The maximum absolute atomic E-state index is 12.7. The van der Waals surface area contributed by atoms with Crippen molar-refractivity contribution in [2.24, 2.45) is 0 Å². The molecular weight excluding hydrogens is 402 g/mol. The fraction of sp³-hybridized carbons (Fsp3) is 0.130. The van der Waals surface area contributed by atoms with Crippen molar-refractivity contribution in [2.45, 2.75) is 19.3 Å². The number of benzene rings is 2. The first kappa shape index (κ1) is 21.1. The molecule has 2 aromatic carbocycles. The van der Waals surface area contributed by atoms with Gasteiger partial charge in [0.25, 0.3) is 0 Å². The SMILES string of the molecule is C=CC(c1ccsc1)N(OC(=O)OCc1ccccc1)C(=O)OCc1ccccc1.